The highest BCUT2D eigenvalue weighted by atomic mass is 79.9. The zero-order valence-corrected chi connectivity index (χ0v) is 12.8. The van der Waals surface area contributed by atoms with Crippen LogP contribution in [0.15, 0.2) is 53.0 Å². The van der Waals surface area contributed by atoms with Crippen molar-refractivity contribution >= 4 is 27.5 Å². The number of hydrogen-bond donors (Lipinski definition) is 1. The number of nitrogens with one attached hydrogen (secondary N) is 1. The van der Waals surface area contributed by atoms with Crippen LogP contribution in [0.3, 0.4) is 0 Å². The van der Waals surface area contributed by atoms with E-state index in [0.29, 0.717) is 5.75 Å². The molecule has 4 heteroatoms. The van der Waals surface area contributed by atoms with Gasteiger partial charge in [-0.3, -0.25) is 4.79 Å². The topological polar surface area (TPSA) is 38.3 Å². The Morgan fingerprint density at radius 2 is 1.85 bits per heavy atom. The lowest BCUT2D eigenvalue weighted by molar-refractivity contribution is -0.118. The molecular formula is C16H16BrNO2. The van der Waals surface area contributed by atoms with E-state index in [1.807, 2.05) is 48.5 Å². The summed E-state index contributed by atoms with van der Waals surface area (Å²) in [4.78, 5) is 11.8. The van der Waals surface area contributed by atoms with Crippen LogP contribution in [0.5, 0.6) is 5.75 Å². The molecule has 0 heterocycles. The first kappa shape index (κ1) is 14.6. The average Bonchev–Trinajstić information content (AvgIpc) is 2.47. The predicted octanol–water partition coefficient (Wildman–Crippen LogP) is 4.03. The van der Waals surface area contributed by atoms with Crippen LogP contribution in [0.2, 0.25) is 0 Å². The van der Waals surface area contributed by atoms with Crippen molar-refractivity contribution < 1.29 is 9.53 Å². The van der Waals surface area contributed by atoms with Crippen molar-refractivity contribution in [3.63, 3.8) is 0 Å². The highest BCUT2D eigenvalue weighted by Crippen LogP contribution is 2.23. The number of halogens is 1. The maximum absolute atomic E-state index is 11.8. The van der Waals surface area contributed by atoms with E-state index in [1.165, 1.54) is 5.56 Å². The Morgan fingerprint density at radius 1 is 1.15 bits per heavy atom. The summed E-state index contributed by atoms with van der Waals surface area (Å²) < 4.78 is 6.29. The van der Waals surface area contributed by atoms with Gasteiger partial charge in [0.2, 0.25) is 0 Å². The van der Waals surface area contributed by atoms with Gasteiger partial charge in [0.15, 0.2) is 6.61 Å². The lowest BCUT2D eigenvalue weighted by Gasteiger charge is -2.09. The van der Waals surface area contributed by atoms with Crippen molar-refractivity contribution in [3.05, 3.63) is 58.6 Å². The fourth-order valence-corrected chi connectivity index (χ4v) is 2.13. The molecule has 1 N–H and O–H groups in total. The highest BCUT2D eigenvalue weighted by Gasteiger charge is 2.05. The Hall–Kier alpha value is -1.81. The fourth-order valence-electron chi connectivity index (χ4n) is 1.73. The first-order valence-electron chi connectivity index (χ1n) is 6.45. The van der Waals surface area contributed by atoms with E-state index in [2.05, 4.69) is 28.2 Å². The van der Waals surface area contributed by atoms with E-state index in [9.17, 15) is 4.79 Å². The maximum atomic E-state index is 11.8. The molecule has 104 valence electrons. The minimum Gasteiger partial charge on any atom is -0.483 e. The summed E-state index contributed by atoms with van der Waals surface area (Å²) in [5.74, 6) is 0.481. The number of hydrogen-bond acceptors (Lipinski definition) is 2. The maximum Gasteiger partial charge on any atom is 0.262 e. The van der Waals surface area contributed by atoms with Crippen molar-refractivity contribution in [2.45, 2.75) is 13.3 Å². The van der Waals surface area contributed by atoms with Crippen molar-refractivity contribution in [2.24, 2.45) is 0 Å². The van der Waals surface area contributed by atoms with Gasteiger partial charge < -0.3 is 10.1 Å². The lowest BCUT2D eigenvalue weighted by Crippen LogP contribution is -2.20. The van der Waals surface area contributed by atoms with Crippen LogP contribution < -0.4 is 10.1 Å². The molecule has 0 spiro atoms. The third-order valence-corrected chi connectivity index (χ3v) is 3.50. The van der Waals surface area contributed by atoms with E-state index in [1.54, 1.807) is 0 Å². The van der Waals surface area contributed by atoms with Crippen LogP contribution in [0, 0.1) is 0 Å². The largest absolute Gasteiger partial charge is 0.483 e. The number of ether oxygens (including phenoxy) is 1. The van der Waals surface area contributed by atoms with Gasteiger partial charge >= 0.3 is 0 Å². The van der Waals surface area contributed by atoms with E-state index in [4.69, 9.17) is 4.74 Å². The quantitative estimate of drug-likeness (QED) is 0.897. The number of amides is 1. The minimum absolute atomic E-state index is 0.0157. The summed E-state index contributed by atoms with van der Waals surface area (Å²) in [5, 5.41) is 2.80. The van der Waals surface area contributed by atoms with Gasteiger partial charge in [0.25, 0.3) is 5.91 Å². The first-order valence-corrected chi connectivity index (χ1v) is 7.24. The van der Waals surface area contributed by atoms with Crippen LogP contribution in [-0.4, -0.2) is 12.5 Å². The molecule has 1 amide bonds. The number of benzene rings is 2. The molecule has 0 aliphatic rings. The van der Waals surface area contributed by atoms with Gasteiger partial charge in [-0.05, 0) is 52.2 Å². The van der Waals surface area contributed by atoms with Gasteiger partial charge in [0.1, 0.15) is 5.75 Å². The lowest BCUT2D eigenvalue weighted by atomic mass is 10.1. The number of rotatable bonds is 5. The second-order valence-corrected chi connectivity index (χ2v) is 5.17. The summed E-state index contributed by atoms with van der Waals surface area (Å²) in [6.07, 6.45) is 0.985. The molecule has 0 fully saturated rings. The molecule has 0 radical (unpaired) electrons. The average molecular weight is 334 g/mol. The first-order chi connectivity index (χ1) is 9.69. The molecule has 2 aromatic rings. The van der Waals surface area contributed by atoms with Gasteiger partial charge in [0.05, 0.1) is 4.47 Å². The van der Waals surface area contributed by atoms with Crippen LogP contribution in [0.25, 0.3) is 0 Å². The zero-order valence-electron chi connectivity index (χ0n) is 11.2. The summed E-state index contributed by atoms with van der Waals surface area (Å²) in [6, 6.07) is 15.2. The number of carbonyl (C=O) groups is 1. The second kappa shape index (κ2) is 7.10. The van der Waals surface area contributed by atoms with Gasteiger partial charge in [-0.2, -0.15) is 0 Å². The number of carbonyl (C=O) groups excluding carboxylic acids is 1. The normalized spacial score (nSPS) is 10.1. The van der Waals surface area contributed by atoms with Crippen LogP contribution in [-0.2, 0) is 11.2 Å². The van der Waals surface area contributed by atoms with Gasteiger partial charge in [0, 0.05) is 5.69 Å². The minimum atomic E-state index is -0.176. The summed E-state index contributed by atoms with van der Waals surface area (Å²) >= 11 is 3.37. The molecule has 2 rings (SSSR count). The third-order valence-electron chi connectivity index (χ3n) is 2.84. The molecule has 0 aromatic heterocycles. The molecule has 20 heavy (non-hydrogen) atoms. The smallest absolute Gasteiger partial charge is 0.262 e. The predicted molar refractivity (Wildman–Crippen MR) is 84.1 cm³/mol. The second-order valence-electron chi connectivity index (χ2n) is 4.32. The Bertz CT molecular complexity index is 581. The van der Waals surface area contributed by atoms with Crippen LogP contribution >= 0.6 is 15.9 Å². The number of aryl methyl sites for hydroxylation is 1. The van der Waals surface area contributed by atoms with E-state index < -0.39 is 0 Å². The summed E-state index contributed by atoms with van der Waals surface area (Å²) in [7, 11) is 0. The standard InChI is InChI=1S/C16H16BrNO2/c1-2-12-7-9-13(10-8-12)18-16(19)11-20-15-6-4-3-5-14(15)17/h3-10H,2,11H2,1H3,(H,18,19). The number of para-hydroxylation sites is 1. The third kappa shape index (κ3) is 4.10. The van der Waals surface area contributed by atoms with Crippen LogP contribution in [0.1, 0.15) is 12.5 Å². The van der Waals surface area contributed by atoms with Gasteiger partial charge in [-0.1, -0.05) is 31.2 Å². The SMILES string of the molecule is CCc1ccc(NC(=O)COc2ccccc2Br)cc1. The van der Waals surface area contributed by atoms with Crippen molar-refractivity contribution in [1.82, 2.24) is 0 Å². The van der Waals surface area contributed by atoms with E-state index >= 15 is 0 Å². The zero-order chi connectivity index (χ0) is 14.4. The molecular weight excluding hydrogens is 318 g/mol. The van der Waals surface area contributed by atoms with Crippen molar-refractivity contribution in [1.29, 1.82) is 0 Å². The fraction of sp³-hybridized carbons (Fsp3) is 0.188. The monoisotopic (exact) mass is 333 g/mol. The Labute approximate surface area is 127 Å². The Morgan fingerprint density at radius 3 is 2.50 bits per heavy atom. The van der Waals surface area contributed by atoms with E-state index in [0.717, 1.165) is 16.6 Å². The summed E-state index contributed by atoms with van der Waals surface area (Å²) in [6.45, 7) is 2.08. The molecule has 0 aliphatic carbocycles. The molecule has 0 unspecified atom stereocenters. The molecule has 2 aromatic carbocycles. The van der Waals surface area contributed by atoms with Crippen LogP contribution in [0.4, 0.5) is 5.69 Å². The van der Waals surface area contributed by atoms with E-state index in [-0.39, 0.29) is 12.5 Å². The number of anilines is 1. The molecule has 0 saturated heterocycles. The Kier molecular flexibility index (Phi) is 5.18. The highest BCUT2D eigenvalue weighted by molar-refractivity contribution is 9.10. The molecule has 0 saturated carbocycles. The van der Waals surface area contributed by atoms with Gasteiger partial charge in [-0.15, -0.1) is 0 Å². The molecule has 3 nitrogen and oxygen atoms in total. The van der Waals surface area contributed by atoms with Crippen molar-refractivity contribution in [2.75, 3.05) is 11.9 Å². The van der Waals surface area contributed by atoms with Gasteiger partial charge in [-0.25, -0.2) is 0 Å². The Balaban J connectivity index is 1.87. The van der Waals surface area contributed by atoms with Crippen molar-refractivity contribution in [3.8, 4) is 5.75 Å². The molecule has 0 aliphatic heterocycles. The summed E-state index contributed by atoms with van der Waals surface area (Å²) in [5.41, 5.74) is 2.02. The molecule has 0 atom stereocenters. The molecule has 0 bridgehead atoms.